The highest BCUT2D eigenvalue weighted by Gasteiger charge is 2.17. The Balaban J connectivity index is 1.84. The minimum atomic E-state index is 0.753. The lowest BCUT2D eigenvalue weighted by molar-refractivity contribution is 0.666. The van der Waals surface area contributed by atoms with Gasteiger partial charge >= 0.3 is 0 Å². The number of fused-ring (bicyclic) bond motifs is 6. The molecule has 2 N–H and O–H groups in total. The van der Waals surface area contributed by atoms with Gasteiger partial charge in [0.15, 0.2) is 5.58 Å². The number of anilines is 1. The van der Waals surface area contributed by atoms with Gasteiger partial charge in [0, 0.05) is 27.2 Å². The molecule has 0 saturated heterocycles. The summed E-state index contributed by atoms with van der Waals surface area (Å²) >= 11 is 0. The maximum absolute atomic E-state index is 6.28. The van der Waals surface area contributed by atoms with Crippen molar-refractivity contribution in [3.8, 4) is 5.69 Å². The van der Waals surface area contributed by atoms with Crippen LogP contribution in [-0.4, -0.2) is 4.57 Å². The predicted molar refractivity (Wildman–Crippen MR) is 112 cm³/mol. The Kier molecular flexibility index (Phi) is 2.75. The van der Waals surface area contributed by atoms with E-state index >= 15 is 0 Å². The van der Waals surface area contributed by atoms with Crippen LogP contribution in [0.3, 0.4) is 0 Å². The van der Waals surface area contributed by atoms with Crippen LogP contribution < -0.4 is 5.73 Å². The van der Waals surface area contributed by atoms with Crippen LogP contribution in [0.25, 0.3) is 49.4 Å². The Morgan fingerprint density at radius 1 is 0.630 bits per heavy atom. The van der Waals surface area contributed by atoms with Crippen LogP contribution >= 0.6 is 0 Å². The summed E-state index contributed by atoms with van der Waals surface area (Å²) in [5.74, 6) is 0. The SMILES string of the molecule is Nc1ccc2c3ccccc3n(-c3cccc4c3oc3ccccc34)c2c1. The van der Waals surface area contributed by atoms with Crippen molar-refractivity contribution >= 4 is 49.4 Å². The fourth-order valence-corrected chi connectivity index (χ4v) is 4.16. The van der Waals surface area contributed by atoms with Gasteiger partial charge < -0.3 is 14.7 Å². The van der Waals surface area contributed by atoms with Gasteiger partial charge in [0.05, 0.1) is 16.7 Å². The molecule has 0 fully saturated rings. The van der Waals surface area contributed by atoms with Crippen LogP contribution in [0.1, 0.15) is 0 Å². The number of aromatic nitrogens is 1. The van der Waals surface area contributed by atoms with E-state index in [9.17, 15) is 0 Å². The number of nitrogens with zero attached hydrogens (tertiary/aromatic N) is 1. The van der Waals surface area contributed by atoms with Crippen molar-refractivity contribution in [3.63, 3.8) is 0 Å². The van der Waals surface area contributed by atoms with Crippen LogP contribution in [0.4, 0.5) is 5.69 Å². The van der Waals surface area contributed by atoms with Gasteiger partial charge in [0.1, 0.15) is 5.58 Å². The minimum Gasteiger partial charge on any atom is -0.454 e. The second-order valence-corrected chi connectivity index (χ2v) is 6.88. The van der Waals surface area contributed by atoms with E-state index in [1.165, 1.54) is 10.8 Å². The summed E-state index contributed by atoms with van der Waals surface area (Å²) in [4.78, 5) is 0. The van der Waals surface area contributed by atoms with Crippen molar-refractivity contribution in [2.24, 2.45) is 0 Å². The molecular formula is C24H16N2O. The molecule has 3 nitrogen and oxygen atoms in total. The first-order chi connectivity index (χ1) is 13.3. The number of benzene rings is 4. The van der Waals surface area contributed by atoms with Crippen molar-refractivity contribution in [3.05, 3.63) is 84.9 Å². The average molecular weight is 348 g/mol. The topological polar surface area (TPSA) is 44.1 Å². The molecule has 0 amide bonds. The third-order valence-corrected chi connectivity index (χ3v) is 5.32. The first-order valence-corrected chi connectivity index (χ1v) is 9.00. The molecule has 0 radical (unpaired) electrons. The molecule has 0 bridgehead atoms. The molecule has 0 unspecified atom stereocenters. The van der Waals surface area contributed by atoms with Crippen LogP contribution in [0.5, 0.6) is 0 Å². The maximum Gasteiger partial charge on any atom is 0.159 e. The van der Waals surface area contributed by atoms with Crippen LogP contribution in [0.15, 0.2) is 89.3 Å². The Morgan fingerprint density at radius 3 is 2.30 bits per heavy atom. The van der Waals surface area contributed by atoms with E-state index in [1.54, 1.807) is 0 Å². The summed E-state index contributed by atoms with van der Waals surface area (Å²) in [6.45, 7) is 0. The summed E-state index contributed by atoms with van der Waals surface area (Å²) in [7, 11) is 0. The lowest BCUT2D eigenvalue weighted by Crippen LogP contribution is -1.95. The molecule has 128 valence electrons. The first-order valence-electron chi connectivity index (χ1n) is 9.00. The molecule has 0 aliphatic heterocycles. The van der Waals surface area contributed by atoms with Crippen LogP contribution in [0, 0.1) is 0 Å². The number of para-hydroxylation sites is 3. The Bertz CT molecular complexity index is 1490. The fraction of sp³-hybridized carbons (Fsp3) is 0. The molecule has 4 aromatic carbocycles. The van der Waals surface area contributed by atoms with Crippen molar-refractivity contribution < 1.29 is 4.42 Å². The van der Waals surface area contributed by atoms with E-state index in [4.69, 9.17) is 10.2 Å². The highest BCUT2D eigenvalue weighted by molar-refractivity contribution is 6.13. The summed E-state index contributed by atoms with van der Waals surface area (Å²) in [6.07, 6.45) is 0. The number of furan rings is 1. The van der Waals surface area contributed by atoms with Crippen molar-refractivity contribution in [2.75, 3.05) is 5.73 Å². The smallest absolute Gasteiger partial charge is 0.159 e. The Morgan fingerprint density at radius 2 is 1.37 bits per heavy atom. The molecule has 2 aromatic heterocycles. The summed E-state index contributed by atoms with van der Waals surface area (Å²) in [5.41, 5.74) is 11.9. The lowest BCUT2D eigenvalue weighted by Gasteiger charge is -2.08. The maximum atomic E-state index is 6.28. The van der Waals surface area contributed by atoms with Gasteiger partial charge in [0.25, 0.3) is 0 Å². The first kappa shape index (κ1) is 14.4. The van der Waals surface area contributed by atoms with Gasteiger partial charge in [0.2, 0.25) is 0 Å². The fourth-order valence-electron chi connectivity index (χ4n) is 4.16. The molecule has 2 heterocycles. The van der Waals surface area contributed by atoms with Gasteiger partial charge in [-0.05, 0) is 30.3 Å². The molecule has 6 aromatic rings. The summed E-state index contributed by atoms with van der Waals surface area (Å²) in [6, 6.07) is 29.0. The molecule has 0 saturated carbocycles. The van der Waals surface area contributed by atoms with E-state index in [0.29, 0.717) is 0 Å². The monoisotopic (exact) mass is 348 g/mol. The number of nitrogen functional groups attached to an aromatic ring is 1. The lowest BCUT2D eigenvalue weighted by atomic mass is 10.1. The average Bonchev–Trinajstić information content (AvgIpc) is 3.23. The van der Waals surface area contributed by atoms with E-state index in [1.807, 2.05) is 30.3 Å². The second-order valence-electron chi connectivity index (χ2n) is 6.88. The van der Waals surface area contributed by atoms with Crippen molar-refractivity contribution in [1.82, 2.24) is 4.57 Å². The Hall–Kier alpha value is -3.72. The highest BCUT2D eigenvalue weighted by Crippen LogP contribution is 2.38. The molecule has 0 aliphatic carbocycles. The van der Waals surface area contributed by atoms with Gasteiger partial charge in [-0.3, -0.25) is 0 Å². The zero-order chi connectivity index (χ0) is 18.0. The highest BCUT2D eigenvalue weighted by atomic mass is 16.3. The summed E-state index contributed by atoms with van der Waals surface area (Å²) in [5, 5.41) is 4.65. The number of hydrogen-bond acceptors (Lipinski definition) is 2. The van der Waals surface area contributed by atoms with Crippen LogP contribution in [-0.2, 0) is 0 Å². The zero-order valence-corrected chi connectivity index (χ0v) is 14.5. The molecule has 27 heavy (non-hydrogen) atoms. The Labute approximate surface area is 155 Å². The van der Waals surface area contributed by atoms with Crippen LogP contribution in [0.2, 0.25) is 0 Å². The van der Waals surface area contributed by atoms with Crippen molar-refractivity contribution in [1.29, 1.82) is 0 Å². The normalized spacial score (nSPS) is 11.9. The van der Waals surface area contributed by atoms with Crippen molar-refractivity contribution in [2.45, 2.75) is 0 Å². The molecular weight excluding hydrogens is 332 g/mol. The van der Waals surface area contributed by atoms with E-state index in [-0.39, 0.29) is 0 Å². The van der Waals surface area contributed by atoms with Gasteiger partial charge in [-0.2, -0.15) is 0 Å². The number of rotatable bonds is 1. The third kappa shape index (κ3) is 1.91. The second kappa shape index (κ2) is 5.15. The molecule has 0 atom stereocenters. The number of nitrogens with two attached hydrogens (primary N) is 1. The molecule has 6 rings (SSSR count). The minimum absolute atomic E-state index is 0.753. The quantitative estimate of drug-likeness (QED) is 0.356. The number of hydrogen-bond donors (Lipinski definition) is 1. The van der Waals surface area contributed by atoms with Gasteiger partial charge in [-0.1, -0.05) is 54.6 Å². The van der Waals surface area contributed by atoms with Gasteiger partial charge in [-0.15, -0.1) is 0 Å². The predicted octanol–water partition coefficient (Wildman–Crippen LogP) is 6.27. The molecule has 0 spiro atoms. The standard InChI is InChI=1S/C24H16N2O/c25-15-12-13-17-16-6-1-3-9-20(16)26(22(17)14-15)21-10-5-8-19-18-7-2-4-11-23(18)27-24(19)21/h1-14H,25H2. The van der Waals surface area contributed by atoms with Gasteiger partial charge in [-0.25, -0.2) is 0 Å². The van der Waals surface area contributed by atoms with E-state index < -0.39 is 0 Å². The largest absolute Gasteiger partial charge is 0.454 e. The summed E-state index contributed by atoms with van der Waals surface area (Å²) < 4.78 is 8.54. The molecule has 0 aliphatic rings. The molecule has 3 heteroatoms. The van der Waals surface area contributed by atoms with E-state index in [0.717, 1.165) is 44.3 Å². The van der Waals surface area contributed by atoms with E-state index in [2.05, 4.69) is 59.2 Å². The zero-order valence-electron chi connectivity index (χ0n) is 14.5. The third-order valence-electron chi connectivity index (χ3n) is 5.32.